The topological polar surface area (TPSA) is 116 Å². The van der Waals surface area contributed by atoms with E-state index in [1.165, 1.54) is 21.3 Å². The van der Waals surface area contributed by atoms with Crippen molar-refractivity contribution in [2.75, 3.05) is 21.3 Å². The number of ether oxygens (including phenoxy) is 3. The third-order valence-electron chi connectivity index (χ3n) is 7.54. The molecule has 0 heterocycles. The summed E-state index contributed by atoms with van der Waals surface area (Å²) < 4.78 is 14.9. The maximum absolute atomic E-state index is 13.0. The van der Waals surface area contributed by atoms with Gasteiger partial charge < -0.3 is 19.3 Å². The van der Waals surface area contributed by atoms with Gasteiger partial charge in [0.05, 0.1) is 33.2 Å². The molecule has 0 unspecified atom stereocenters. The van der Waals surface area contributed by atoms with E-state index >= 15 is 0 Å². The summed E-state index contributed by atoms with van der Waals surface area (Å²) >= 11 is 0. The first-order chi connectivity index (χ1) is 11.9. The number of carboxylic acid groups (broad SMARTS) is 1. The van der Waals surface area contributed by atoms with E-state index in [0.29, 0.717) is 12.8 Å². The van der Waals surface area contributed by atoms with Crippen molar-refractivity contribution in [3.63, 3.8) is 0 Å². The van der Waals surface area contributed by atoms with Crippen LogP contribution in [0.2, 0.25) is 0 Å². The molecule has 0 aromatic heterocycles. The zero-order valence-corrected chi connectivity index (χ0v) is 14.2. The Morgan fingerprint density at radius 3 is 1.68 bits per heavy atom. The van der Waals surface area contributed by atoms with Crippen LogP contribution < -0.4 is 0 Å². The monoisotopic (exact) mass is 352 g/mol. The first-order valence-electron chi connectivity index (χ1n) is 8.34. The molecule has 5 fully saturated rings. The van der Waals surface area contributed by atoms with Crippen molar-refractivity contribution in [1.29, 1.82) is 0 Å². The summed E-state index contributed by atoms with van der Waals surface area (Å²) in [6.07, 6.45) is 1.32. The Hall–Kier alpha value is -2.12. The minimum absolute atomic E-state index is 0.177. The normalized spacial score (nSPS) is 47.8. The van der Waals surface area contributed by atoms with Gasteiger partial charge in [-0.1, -0.05) is 0 Å². The van der Waals surface area contributed by atoms with E-state index in [1.807, 2.05) is 0 Å². The van der Waals surface area contributed by atoms with Crippen molar-refractivity contribution in [3.05, 3.63) is 0 Å². The fraction of sp³-hybridized carbons (Fsp3) is 0.765. The van der Waals surface area contributed by atoms with Gasteiger partial charge in [0.2, 0.25) is 0 Å². The van der Waals surface area contributed by atoms with E-state index in [1.54, 1.807) is 0 Å². The average molecular weight is 352 g/mol. The largest absolute Gasteiger partial charge is 0.481 e. The smallest absolute Gasteiger partial charge is 0.314 e. The van der Waals surface area contributed by atoms with Crippen molar-refractivity contribution in [2.45, 2.75) is 12.8 Å². The predicted octanol–water partition coefficient (Wildman–Crippen LogP) is 0.0946. The summed E-state index contributed by atoms with van der Waals surface area (Å²) in [5.74, 6) is -6.71. The molecule has 8 heteroatoms. The Bertz CT molecular complexity index is 701. The summed E-state index contributed by atoms with van der Waals surface area (Å²) in [5, 5.41) is 9.90. The lowest BCUT2D eigenvalue weighted by Crippen LogP contribution is -2.60. The molecule has 5 rings (SSSR count). The molecule has 0 spiro atoms. The predicted molar refractivity (Wildman–Crippen MR) is 78.7 cm³/mol. The van der Waals surface area contributed by atoms with Crippen LogP contribution in [0.15, 0.2) is 0 Å². The Labute approximate surface area is 143 Å². The van der Waals surface area contributed by atoms with Gasteiger partial charge in [-0.3, -0.25) is 19.2 Å². The van der Waals surface area contributed by atoms with Gasteiger partial charge in [-0.05, 0) is 36.5 Å². The average Bonchev–Trinajstić information content (AvgIpc) is 3.33. The van der Waals surface area contributed by atoms with E-state index in [2.05, 4.69) is 0 Å². The Balaban J connectivity index is 2.05. The summed E-state index contributed by atoms with van der Waals surface area (Å²) in [6, 6.07) is 0. The molecular weight excluding hydrogens is 332 g/mol. The number of carbonyl (C=O) groups is 4. The van der Waals surface area contributed by atoms with Crippen LogP contribution >= 0.6 is 0 Å². The summed E-state index contributed by atoms with van der Waals surface area (Å²) in [7, 11) is 3.59. The molecule has 5 aliphatic rings. The zero-order chi connectivity index (χ0) is 18.3. The zero-order valence-electron chi connectivity index (χ0n) is 14.2. The first kappa shape index (κ1) is 16.4. The molecule has 1 N–H and O–H groups in total. The van der Waals surface area contributed by atoms with E-state index in [0.717, 1.165) is 0 Å². The maximum atomic E-state index is 13.0. The molecule has 0 aromatic carbocycles. The molecule has 25 heavy (non-hydrogen) atoms. The van der Waals surface area contributed by atoms with Crippen LogP contribution in [0.4, 0.5) is 0 Å². The highest BCUT2D eigenvalue weighted by Gasteiger charge is 2.97. The summed E-state index contributed by atoms with van der Waals surface area (Å²) in [5.41, 5.74) is -3.07. The molecule has 5 aliphatic carbocycles. The van der Waals surface area contributed by atoms with Gasteiger partial charge in [-0.25, -0.2) is 0 Å². The fourth-order valence-corrected chi connectivity index (χ4v) is 7.52. The number of methoxy groups -OCH3 is 3. The van der Waals surface area contributed by atoms with Crippen LogP contribution in [0.3, 0.4) is 0 Å². The minimum Gasteiger partial charge on any atom is -0.481 e. The fourth-order valence-electron chi connectivity index (χ4n) is 7.52. The number of esters is 3. The molecule has 0 aromatic rings. The summed E-state index contributed by atoms with van der Waals surface area (Å²) in [6.45, 7) is 0. The molecule has 0 saturated heterocycles. The van der Waals surface area contributed by atoms with E-state index in [4.69, 9.17) is 14.2 Å². The highest BCUT2D eigenvalue weighted by Crippen LogP contribution is 2.89. The second-order valence-corrected chi connectivity index (χ2v) is 7.48. The molecule has 6 bridgehead atoms. The Morgan fingerprint density at radius 2 is 1.28 bits per heavy atom. The van der Waals surface area contributed by atoms with Gasteiger partial charge in [0.15, 0.2) is 0 Å². The molecule has 136 valence electrons. The number of hydrogen-bond donors (Lipinski definition) is 1. The summed E-state index contributed by atoms with van der Waals surface area (Å²) in [4.78, 5) is 50.7. The molecular formula is C17H20O8. The van der Waals surface area contributed by atoms with Crippen LogP contribution in [0.25, 0.3) is 0 Å². The van der Waals surface area contributed by atoms with Crippen molar-refractivity contribution in [3.8, 4) is 0 Å². The highest BCUT2D eigenvalue weighted by atomic mass is 16.5. The van der Waals surface area contributed by atoms with Gasteiger partial charge in [0, 0.05) is 0 Å². The van der Waals surface area contributed by atoms with E-state index in [-0.39, 0.29) is 17.8 Å². The van der Waals surface area contributed by atoms with Crippen molar-refractivity contribution in [1.82, 2.24) is 0 Å². The molecule has 0 radical (unpaired) electrons. The van der Waals surface area contributed by atoms with Gasteiger partial charge >= 0.3 is 23.9 Å². The van der Waals surface area contributed by atoms with Gasteiger partial charge in [0.1, 0.15) is 10.8 Å². The van der Waals surface area contributed by atoms with E-state index < -0.39 is 52.5 Å². The number of carboxylic acids is 1. The van der Waals surface area contributed by atoms with Crippen LogP contribution in [-0.4, -0.2) is 50.3 Å². The lowest BCUT2D eigenvalue weighted by Gasteiger charge is -2.47. The SMILES string of the molecule is COC(=O)[C@H]1[C@H]2[C@@H]3[C@H]4CC[C@@H]3[C@]1(C(=O)OC)[C@@]4(C(=O)OC)[C@H]2C(=O)O. The lowest BCUT2D eigenvalue weighted by molar-refractivity contribution is -0.194. The van der Waals surface area contributed by atoms with Crippen LogP contribution in [-0.2, 0) is 33.4 Å². The van der Waals surface area contributed by atoms with E-state index in [9.17, 15) is 24.3 Å². The minimum atomic E-state index is -1.56. The maximum Gasteiger partial charge on any atom is 0.314 e. The molecule has 8 nitrogen and oxygen atoms in total. The first-order valence-corrected chi connectivity index (χ1v) is 8.34. The second-order valence-electron chi connectivity index (χ2n) is 7.48. The molecule has 5 saturated carbocycles. The standard InChI is InChI=1S/C17H20O8/c1-23-13(20)11-9-8-6-4-5-7(8)17(11,15(22)25-3)16(6,14(21)24-2)10(9)12(18)19/h6-11H,4-5H2,1-3H3,(H,18,19)/t6-,7+,8-,9+,10-,11-,16-,17+/m1/s1. The second kappa shape index (κ2) is 4.74. The number of rotatable bonds is 4. The van der Waals surface area contributed by atoms with Crippen LogP contribution in [0, 0.1) is 46.3 Å². The third-order valence-corrected chi connectivity index (χ3v) is 7.54. The van der Waals surface area contributed by atoms with Gasteiger partial charge in [-0.2, -0.15) is 0 Å². The molecule has 8 atom stereocenters. The number of carbonyl (C=O) groups excluding carboxylic acids is 3. The third kappa shape index (κ3) is 1.29. The van der Waals surface area contributed by atoms with Crippen molar-refractivity contribution < 1.29 is 38.5 Å². The highest BCUT2D eigenvalue weighted by molar-refractivity contribution is 6.01. The van der Waals surface area contributed by atoms with Crippen molar-refractivity contribution in [2.24, 2.45) is 46.3 Å². The van der Waals surface area contributed by atoms with Gasteiger partial charge in [0.25, 0.3) is 0 Å². The van der Waals surface area contributed by atoms with Crippen LogP contribution in [0.5, 0.6) is 0 Å². The lowest BCUT2D eigenvalue weighted by atomic mass is 9.53. The van der Waals surface area contributed by atoms with Crippen LogP contribution in [0.1, 0.15) is 12.8 Å². The van der Waals surface area contributed by atoms with Gasteiger partial charge in [-0.15, -0.1) is 0 Å². The number of hydrogen-bond acceptors (Lipinski definition) is 7. The molecule has 0 amide bonds. The Morgan fingerprint density at radius 1 is 0.800 bits per heavy atom. The molecule has 0 aliphatic heterocycles. The number of aliphatic carboxylic acids is 1. The quantitative estimate of drug-likeness (QED) is 0.559. The Kier molecular flexibility index (Phi) is 3.10. The van der Waals surface area contributed by atoms with Crippen molar-refractivity contribution >= 4 is 23.9 Å².